The van der Waals surface area contributed by atoms with Gasteiger partial charge >= 0.3 is 0 Å². The zero-order valence-electron chi connectivity index (χ0n) is 7.37. The predicted molar refractivity (Wildman–Crippen MR) is 60.4 cm³/mol. The van der Waals surface area contributed by atoms with Gasteiger partial charge in [-0.25, -0.2) is 4.99 Å². The molecule has 0 radical (unpaired) electrons. The lowest BCUT2D eigenvalue weighted by Gasteiger charge is -2.07. The van der Waals surface area contributed by atoms with Crippen molar-refractivity contribution in [3.05, 3.63) is 11.6 Å². The van der Waals surface area contributed by atoms with Crippen LogP contribution in [0.1, 0.15) is 0 Å². The molecular formula is C7H10BrN3OS. The Hall–Kier alpha value is -0.490. The topological polar surface area (TPSA) is 46.0 Å². The van der Waals surface area contributed by atoms with E-state index in [2.05, 4.69) is 30.6 Å². The molecule has 1 rings (SSSR count). The molecule has 1 aliphatic heterocycles. The smallest absolute Gasteiger partial charge is 0.176 e. The summed E-state index contributed by atoms with van der Waals surface area (Å²) in [4.78, 5) is 8.33. The lowest BCUT2D eigenvalue weighted by Crippen LogP contribution is -2.07. The Kier molecular flexibility index (Phi) is 4.31. The summed E-state index contributed by atoms with van der Waals surface area (Å²) in [5, 5.41) is 0. The van der Waals surface area contributed by atoms with Gasteiger partial charge in [0.15, 0.2) is 11.6 Å². The largest absolute Gasteiger partial charge is 0.495 e. The molecule has 0 aromatic heterocycles. The van der Waals surface area contributed by atoms with Crippen molar-refractivity contribution in [2.75, 3.05) is 19.9 Å². The van der Waals surface area contributed by atoms with Gasteiger partial charge in [0.2, 0.25) is 0 Å². The van der Waals surface area contributed by atoms with E-state index in [-0.39, 0.29) is 0 Å². The summed E-state index contributed by atoms with van der Waals surface area (Å²) in [6.07, 6.45) is 3.57. The summed E-state index contributed by atoms with van der Waals surface area (Å²) in [5.74, 6) is 1.45. The molecule has 1 heterocycles. The van der Waals surface area contributed by atoms with Crippen LogP contribution >= 0.6 is 27.9 Å². The normalized spacial score (nSPS) is 16.7. The monoisotopic (exact) mass is 263 g/mol. The van der Waals surface area contributed by atoms with Crippen LogP contribution in [-0.4, -0.2) is 30.7 Å². The highest BCUT2D eigenvalue weighted by Gasteiger charge is 2.08. The van der Waals surface area contributed by atoms with Crippen molar-refractivity contribution in [1.29, 1.82) is 0 Å². The molecular weight excluding hydrogens is 254 g/mol. The molecule has 0 saturated heterocycles. The molecule has 0 unspecified atom stereocenters. The van der Waals surface area contributed by atoms with Crippen LogP contribution in [0, 0.1) is 0 Å². The third kappa shape index (κ3) is 3.04. The first-order valence-electron chi connectivity index (χ1n) is 3.58. The molecule has 1 N–H and O–H groups in total. The Balaban J connectivity index is 2.84. The second kappa shape index (κ2) is 5.29. The molecule has 0 saturated carbocycles. The van der Waals surface area contributed by atoms with Crippen molar-refractivity contribution in [2.24, 2.45) is 9.98 Å². The van der Waals surface area contributed by atoms with Gasteiger partial charge in [-0.3, -0.25) is 4.99 Å². The highest BCUT2D eigenvalue weighted by Crippen LogP contribution is 2.10. The first-order valence-corrected chi connectivity index (χ1v) is 5.60. The highest BCUT2D eigenvalue weighted by molar-refractivity contribution is 9.19. The average Bonchev–Trinajstić information content (AvgIpc) is 2.30. The Labute approximate surface area is 89.8 Å². The zero-order chi connectivity index (χ0) is 9.68. The molecule has 0 aromatic rings. The van der Waals surface area contributed by atoms with Gasteiger partial charge in [0.25, 0.3) is 0 Å². The molecule has 72 valence electrons. The van der Waals surface area contributed by atoms with Crippen molar-refractivity contribution >= 4 is 38.7 Å². The van der Waals surface area contributed by atoms with E-state index >= 15 is 0 Å². The fourth-order valence-corrected chi connectivity index (χ4v) is 1.38. The van der Waals surface area contributed by atoms with Crippen molar-refractivity contribution < 1.29 is 4.74 Å². The van der Waals surface area contributed by atoms with Crippen molar-refractivity contribution in [1.82, 2.24) is 4.72 Å². The molecule has 0 bridgehead atoms. The number of hydrogen-bond donors (Lipinski definition) is 1. The molecule has 4 nitrogen and oxygen atoms in total. The lowest BCUT2D eigenvalue weighted by atomic mass is 10.5. The predicted octanol–water partition coefficient (Wildman–Crippen LogP) is 1.55. The van der Waals surface area contributed by atoms with Crippen LogP contribution in [0.25, 0.3) is 0 Å². The second-order valence-corrected chi connectivity index (χ2v) is 3.60. The SMILES string of the molecule is COC1=C(NSC)N=CC(Br)=NC1. The van der Waals surface area contributed by atoms with Gasteiger partial charge in [0, 0.05) is 6.26 Å². The number of halogens is 1. The fraction of sp³-hybridized carbons (Fsp3) is 0.429. The molecule has 1 aliphatic rings. The molecule has 0 amide bonds. The van der Waals surface area contributed by atoms with Gasteiger partial charge in [-0.15, -0.1) is 0 Å². The first kappa shape index (κ1) is 10.6. The summed E-state index contributed by atoms with van der Waals surface area (Å²) in [7, 11) is 1.61. The van der Waals surface area contributed by atoms with Gasteiger partial charge in [-0.1, -0.05) is 11.9 Å². The Morgan fingerprint density at radius 3 is 3.08 bits per heavy atom. The van der Waals surface area contributed by atoms with Crippen LogP contribution in [0.4, 0.5) is 0 Å². The summed E-state index contributed by atoms with van der Waals surface area (Å²) in [6, 6.07) is 0. The number of hydrogen-bond acceptors (Lipinski definition) is 5. The molecule has 6 heteroatoms. The minimum Gasteiger partial charge on any atom is -0.495 e. The van der Waals surface area contributed by atoms with E-state index in [1.165, 1.54) is 11.9 Å². The molecule has 0 atom stereocenters. The van der Waals surface area contributed by atoms with E-state index in [1.54, 1.807) is 13.3 Å². The molecule has 13 heavy (non-hydrogen) atoms. The summed E-state index contributed by atoms with van der Waals surface area (Å²) >= 11 is 4.73. The summed E-state index contributed by atoms with van der Waals surface area (Å²) < 4.78 is 8.89. The van der Waals surface area contributed by atoms with E-state index in [0.717, 1.165) is 10.4 Å². The lowest BCUT2D eigenvalue weighted by molar-refractivity contribution is 0.281. The fourth-order valence-electron chi connectivity index (χ4n) is 0.794. The third-order valence-corrected chi connectivity index (χ3v) is 2.24. The van der Waals surface area contributed by atoms with Crippen LogP contribution in [0.15, 0.2) is 21.6 Å². The maximum atomic E-state index is 5.15. The van der Waals surface area contributed by atoms with Crippen molar-refractivity contribution in [3.63, 3.8) is 0 Å². The van der Waals surface area contributed by atoms with E-state index in [4.69, 9.17) is 4.74 Å². The molecule has 0 spiro atoms. The minimum absolute atomic E-state index is 0.500. The van der Waals surface area contributed by atoms with Gasteiger partial charge in [0.05, 0.1) is 13.3 Å². The van der Waals surface area contributed by atoms with E-state index in [9.17, 15) is 0 Å². The van der Waals surface area contributed by atoms with Gasteiger partial charge in [0.1, 0.15) is 11.2 Å². The number of nitrogens with zero attached hydrogens (tertiary/aromatic N) is 2. The number of aliphatic imine (C=N–C) groups is 2. The van der Waals surface area contributed by atoms with Gasteiger partial charge < -0.3 is 9.46 Å². The number of nitrogens with one attached hydrogen (secondary N) is 1. The van der Waals surface area contributed by atoms with Crippen LogP contribution in [-0.2, 0) is 4.74 Å². The van der Waals surface area contributed by atoms with E-state index in [0.29, 0.717) is 12.4 Å². The maximum absolute atomic E-state index is 5.15. The van der Waals surface area contributed by atoms with Gasteiger partial charge in [-0.2, -0.15) is 0 Å². The van der Waals surface area contributed by atoms with Crippen LogP contribution < -0.4 is 4.72 Å². The number of ether oxygens (including phenoxy) is 1. The molecule has 0 fully saturated rings. The summed E-state index contributed by atoms with van der Waals surface area (Å²) in [6.45, 7) is 0.500. The van der Waals surface area contributed by atoms with E-state index < -0.39 is 0 Å². The Morgan fingerprint density at radius 1 is 1.69 bits per heavy atom. The third-order valence-electron chi connectivity index (χ3n) is 1.38. The van der Waals surface area contributed by atoms with Crippen molar-refractivity contribution in [3.8, 4) is 0 Å². The number of methoxy groups -OCH3 is 1. The average molecular weight is 264 g/mol. The number of rotatable bonds is 3. The van der Waals surface area contributed by atoms with Crippen LogP contribution in [0.3, 0.4) is 0 Å². The van der Waals surface area contributed by atoms with Crippen molar-refractivity contribution in [2.45, 2.75) is 0 Å². The quantitative estimate of drug-likeness (QED) is 0.786. The highest BCUT2D eigenvalue weighted by atomic mass is 79.9. The maximum Gasteiger partial charge on any atom is 0.176 e. The minimum atomic E-state index is 0.500. The summed E-state index contributed by atoms with van der Waals surface area (Å²) in [5.41, 5.74) is 0. The van der Waals surface area contributed by atoms with Gasteiger partial charge in [-0.05, 0) is 15.9 Å². The Bertz CT molecular complexity index is 275. The molecule has 0 aromatic carbocycles. The van der Waals surface area contributed by atoms with Crippen LogP contribution in [0.5, 0.6) is 0 Å². The zero-order valence-corrected chi connectivity index (χ0v) is 9.78. The Morgan fingerprint density at radius 2 is 2.46 bits per heavy atom. The van der Waals surface area contributed by atoms with Crippen LogP contribution in [0.2, 0.25) is 0 Å². The second-order valence-electron chi connectivity index (χ2n) is 2.18. The first-order chi connectivity index (χ1) is 6.27. The van der Waals surface area contributed by atoms with E-state index in [1.807, 2.05) is 6.26 Å². The standard InChI is InChI=1S/C7H10BrN3OS/c1-12-5-3-9-6(8)4-10-7(5)11-13-2/h4,11H,3H2,1-2H3. The molecule has 0 aliphatic carbocycles.